The first kappa shape index (κ1) is 18.0. The normalized spacial score (nSPS) is 12.1. The van der Waals surface area contributed by atoms with Crippen molar-refractivity contribution < 1.29 is 14.2 Å². The van der Waals surface area contributed by atoms with Crippen LogP contribution in [0.25, 0.3) is 11.3 Å². The molecule has 1 aliphatic carbocycles. The predicted octanol–water partition coefficient (Wildman–Crippen LogP) is 5.25. The van der Waals surface area contributed by atoms with Crippen LogP contribution < -0.4 is 14.2 Å². The molecule has 3 aromatic rings. The number of fused-ring (bicyclic) bond motifs is 3. The Hall–Kier alpha value is -2.38. The third-order valence-electron chi connectivity index (χ3n) is 4.45. The van der Waals surface area contributed by atoms with Gasteiger partial charge in [-0.25, -0.2) is 9.98 Å². The van der Waals surface area contributed by atoms with E-state index < -0.39 is 0 Å². The number of methoxy groups -OCH3 is 3. The van der Waals surface area contributed by atoms with Crippen molar-refractivity contribution in [1.82, 2.24) is 4.98 Å². The first-order valence-corrected chi connectivity index (χ1v) is 9.87. The zero-order valence-corrected chi connectivity index (χ0v) is 17.5. The van der Waals surface area contributed by atoms with Gasteiger partial charge < -0.3 is 14.2 Å². The quantitative estimate of drug-likeness (QED) is 0.394. The summed E-state index contributed by atoms with van der Waals surface area (Å²) in [5.74, 6) is 2.16. The lowest BCUT2D eigenvalue weighted by molar-refractivity contribution is 0.354. The van der Waals surface area contributed by atoms with Crippen LogP contribution in [0.15, 0.2) is 39.8 Å². The van der Waals surface area contributed by atoms with Crippen molar-refractivity contribution >= 4 is 38.6 Å². The Labute approximate surface area is 169 Å². The minimum absolute atomic E-state index is 0.656. The fourth-order valence-electron chi connectivity index (χ4n) is 3.21. The zero-order chi connectivity index (χ0) is 19.0. The second-order valence-electron chi connectivity index (χ2n) is 5.89. The van der Waals surface area contributed by atoms with E-state index in [9.17, 15) is 0 Å². The zero-order valence-electron chi connectivity index (χ0n) is 15.1. The molecule has 0 bridgehead atoms. The topological polar surface area (TPSA) is 52.9 Å². The van der Waals surface area contributed by atoms with Crippen LogP contribution in [-0.2, 0) is 6.42 Å². The van der Waals surface area contributed by atoms with Gasteiger partial charge in [-0.2, -0.15) is 0 Å². The fourth-order valence-corrected chi connectivity index (χ4v) is 4.61. The van der Waals surface area contributed by atoms with Gasteiger partial charge in [-0.3, -0.25) is 0 Å². The molecular weight excluding hydrogens is 428 g/mol. The standard InChI is InChI=1S/C20H17BrN2O3S/c1-24-14-8-7-13(21)12-9-16-18(17(12)14)23-20(27-16)22-10-11-5-4-6-15(25-2)19(11)26-3/h4-8,10H,9H2,1-3H3. The Morgan fingerprint density at radius 3 is 2.63 bits per heavy atom. The van der Waals surface area contributed by atoms with E-state index in [4.69, 9.17) is 19.2 Å². The average Bonchev–Trinajstić information content (AvgIpc) is 3.24. The summed E-state index contributed by atoms with van der Waals surface area (Å²) in [4.78, 5) is 10.5. The number of halogens is 1. The van der Waals surface area contributed by atoms with E-state index in [2.05, 4.69) is 20.9 Å². The minimum atomic E-state index is 0.656. The summed E-state index contributed by atoms with van der Waals surface area (Å²) in [5, 5.41) is 0.706. The van der Waals surface area contributed by atoms with E-state index >= 15 is 0 Å². The first-order chi connectivity index (χ1) is 13.2. The van der Waals surface area contributed by atoms with Crippen molar-refractivity contribution in [1.29, 1.82) is 0 Å². The third-order valence-corrected chi connectivity index (χ3v) is 6.15. The Kier molecular flexibility index (Phi) is 4.88. The Balaban J connectivity index is 1.70. The van der Waals surface area contributed by atoms with Crippen LogP contribution >= 0.6 is 27.3 Å². The molecule has 0 unspecified atom stereocenters. The Morgan fingerprint density at radius 2 is 1.89 bits per heavy atom. The van der Waals surface area contributed by atoms with Gasteiger partial charge in [-0.15, -0.1) is 0 Å². The van der Waals surface area contributed by atoms with Crippen molar-refractivity contribution in [3.63, 3.8) is 0 Å². The van der Waals surface area contributed by atoms with Crippen LogP contribution in [0.2, 0.25) is 0 Å². The van der Waals surface area contributed by atoms with Gasteiger partial charge in [0.2, 0.25) is 5.13 Å². The monoisotopic (exact) mass is 444 g/mol. The molecule has 0 fully saturated rings. The van der Waals surface area contributed by atoms with Crippen LogP contribution in [0, 0.1) is 0 Å². The number of benzene rings is 2. The molecule has 1 heterocycles. The number of hydrogen-bond donors (Lipinski definition) is 0. The lowest BCUT2D eigenvalue weighted by atomic mass is 10.1. The van der Waals surface area contributed by atoms with Crippen LogP contribution in [0.4, 0.5) is 5.13 Å². The molecule has 27 heavy (non-hydrogen) atoms. The highest BCUT2D eigenvalue weighted by Gasteiger charge is 2.28. The number of aromatic nitrogens is 1. The summed E-state index contributed by atoms with van der Waals surface area (Å²) in [7, 11) is 4.92. The van der Waals surface area contributed by atoms with Crippen LogP contribution in [0.1, 0.15) is 16.0 Å². The van der Waals surface area contributed by atoms with Gasteiger partial charge >= 0.3 is 0 Å². The summed E-state index contributed by atoms with van der Waals surface area (Å²) < 4.78 is 17.4. The van der Waals surface area contributed by atoms with E-state index in [0.29, 0.717) is 16.6 Å². The molecule has 0 amide bonds. The SMILES string of the molecule is COc1cccc(C=Nc2nc3c(s2)Cc2c(Br)ccc(OC)c2-3)c1OC. The van der Waals surface area contributed by atoms with E-state index in [1.165, 1.54) is 10.4 Å². The van der Waals surface area contributed by atoms with Crippen molar-refractivity contribution in [3.05, 3.63) is 50.8 Å². The molecule has 0 saturated heterocycles. The number of thiazole rings is 1. The summed E-state index contributed by atoms with van der Waals surface area (Å²) in [6, 6.07) is 9.67. The number of ether oxygens (including phenoxy) is 3. The van der Waals surface area contributed by atoms with E-state index in [-0.39, 0.29) is 0 Å². The number of nitrogens with zero attached hydrogens (tertiary/aromatic N) is 2. The molecule has 1 aliphatic rings. The van der Waals surface area contributed by atoms with Gasteiger partial charge in [0.05, 0.1) is 27.0 Å². The van der Waals surface area contributed by atoms with Gasteiger partial charge in [0.25, 0.3) is 0 Å². The predicted molar refractivity (Wildman–Crippen MR) is 111 cm³/mol. The second kappa shape index (κ2) is 7.32. The number of rotatable bonds is 5. The molecule has 7 heteroatoms. The van der Waals surface area contributed by atoms with Crippen LogP contribution in [0.3, 0.4) is 0 Å². The summed E-state index contributed by atoms with van der Waals surface area (Å²) in [6.07, 6.45) is 2.59. The summed E-state index contributed by atoms with van der Waals surface area (Å²) in [5.41, 5.74) is 4.07. The molecule has 2 aromatic carbocycles. The second-order valence-corrected chi connectivity index (χ2v) is 7.81. The molecule has 0 radical (unpaired) electrons. The lowest BCUT2D eigenvalue weighted by Gasteiger charge is -2.09. The number of hydrogen-bond acceptors (Lipinski definition) is 6. The fraction of sp³-hybridized carbons (Fsp3) is 0.200. The third kappa shape index (κ3) is 3.11. The summed E-state index contributed by atoms with van der Waals surface area (Å²) >= 11 is 5.22. The van der Waals surface area contributed by atoms with Crippen molar-refractivity contribution in [2.75, 3.05) is 21.3 Å². The molecule has 0 saturated carbocycles. The van der Waals surface area contributed by atoms with Gasteiger partial charge in [-0.1, -0.05) is 33.3 Å². The van der Waals surface area contributed by atoms with Gasteiger partial charge in [-0.05, 0) is 29.8 Å². The Morgan fingerprint density at radius 1 is 1.07 bits per heavy atom. The maximum absolute atomic E-state index is 5.54. The highest BCUT2D eigenvalue weighted by atomic mass is 79.9. The number of para-hydroxylation sites is 1. The average molecular weight is 445 g/mol. The molecule has 0 spiro atoms. The van der Waals surface area contributed by atoms with Gasteiger partial charge in [0.1, 0.15) is 5.75 Å². The summed E-state index contributed by atoms with van der Waals surface area (Å²) in [6.45, 7) is 0. The highest BCUT2D eigenvalue weighted by molar-refractivity contribution is 9.10. The molecule has 0 aliphatic heterocycles. The smallest absolute Gasteiger partial charge is 0.209 e. The number of aliphatic imine (C=N–C) groups is 1. The lowest BCUT2D eigenvalue weighted by Crippen LogP contribution is -1.94. The van der Waals surface area contributed by atoms with Gasteiger partial charge in [0.15, 0.2) is 11.5 Å². The minimum Gasteiger partial charge on any atom is -0.496 e. The van der Waals surface area contributed by atoms with E-state index in [1.54, 1.807) is 38.9 Å². The maximum Gasteiger partial charge on any atom is 0.209 e. The van der Waals surface area contributed by atoms with Crippen LogP contribution in [-0.4, -0.2) is 32.5 Å². The molecule has 138 valence electrons. The molecular formula is C20H17BrN2O3S. The highest BCUT2D eigenvalue weighted by Crippen LogP contribution is 2.48. The maximum atomic E-state index is 5.54. The molecule has 5 nitrogen and oxygen atoms in total. The van der Waals surface area contributed by atoms with E-state index in [0.717, 1.165) is 33.5 Å². The Bertz CT molecular complexity index is 1050. The van der Waals surface area contributed by atoms with Crippen LogP contribution in [0.5, 0.6) is 17.2 Å². The van der Waals surface area contributed by atoms with Crippen molar-refractivity contribution in [2.24, 2.45) is 4.99 Å². The molecule has 0 atom stereocenters. The van der Waals surface area contributed by atoms with Crippen molar-refractivity contribution in [2.45, 2.75) is 6.42 Å². The largest absolute Gasteiger partial charge is 0.496 e. The van der Waals surface area contributed by atoms with Crippen molar-refractivity contribution in [3.8, 4) is 28.5 Å². The van der Waals surface area contributed by atoms with E-state index in [1.807, 2.05) is 30.3 Å². The van der Waals surface area contributed by atoms with Gasteiger partial charge in [0, 0.05) is 33.1 Å². The molecule has 1 aromatic heterocycles. The first-order valence-electron chi connectivity index (χ1n) is 8.26. The molecule has 4 rings (SSSR count). The molecule has 0 N–H and O–H groups in total.